The van der Waals surface area contributed by atoms with Crippen LogP contribution in [0.15, 0.2) is 91.0 Å². The van der Waals surface area contributed by atoms with Gasteiger partial charge in [-0.05, 0) is 30.5 Å². The molecule has 3 aromatic rings. The summed E-state index contributed by atoms with van der Waals surface area (Å²) in [6, 6.07) is 31.0. The molecule has 1 unspecified atom stereocenters. The van der Waals surface area contributed by atoms with Gasteiger partial charge in [0.2, 0.25) is 5.91 Å². The third-order valence-corrected chi connectivity index (χ3v) is 8.75. The van der Waals surface area contributed by atoms with Crippen LogP contribution in [0.5, 0.6) is 0 Å². The minimum atomic E-state index is -0.741. The molecule has 5 nitrogen and oxygen atoms in total. The summed E-state index contributed by atoms with van der Waals surface area (Å²) in [6.45, 7) is 9.18. The van der Waals surface area contributed by atoms with Crippen molar-refractivity contribution >= 4 is 11.9 Å². The standard InChI is InChI=1S/C34H40N2O3/c1-4-31(37)39-33(27-14-8-5-9-15-27)20-22-35(23-21-33)24-30-25-36(26(2)3)32(38)34(30,28-16-10-6-11-17-28)29-18-12-7-13-19-29/h5-19,26,30H,4,20-25H2,1-3H3. The molecule has 2 heterocycles. The average molecular weight is 525 g/mol. The summed E-state index contributed by atoms with van der Waals surface area (Å²) in [6.07, 6.45) is 1.84. The van der Waals surface area contributed by atoms with Gasteiger partial charge in [0.15, 0.2) is 0 Å². The Hall–Kier alpha value is -3.44. The zero-order valence-electron chi connectivity index (χ0n) is 23.4. The molecule has 0 aromatic heterocycles. The Kier molecular flexibility index (Phi) is 7.90. The van der Waals surface area contributed by atoms with Crippen LogP contribution in [0.25, 0.3) is 0 Å². The van der Waals surface area contributed by atoms with Gasteiger partial charge in [0, 0.05) is 57.4 Å². The van der Waals surface area contributed by atoms with Crippen molar-refractivity contribution in [3.63, 3.8) is 0 Å². The van der Waals surface area contributed by atoms with Crippen molar-refractivity contribution in [3.05, 3.63) is 108 Å². The van der Waals surface area contributed by atoms with Crippen molar-refractivity contribution in [2.45, 2.75) is 57.1 Å². The number of rotatable bonds is 8. The van der Waals surface area contributed by atoms with Gasteiger partial charge in [0.25, 0.3) is 0 Å². The maximum Gasteiger partial charge on any atom is 0.306 e. The van der Waals surface area contributed by atoms with E-state index in [1.807, 2.05) is 61.5 Å². The number of hydrogen-bond donors (Lipinski definition) is 0. The van der Waals surface area contributed by atoms with Crippen LogP contribution in [-0.4, -0.2) is 53.9 Å². The monoisotopic (exact) mass is 524 g/mol. The maximum atomic E-state index is 14.4. The minimum Gasteiger partial charge on any atom is -0.454 e. The lowest BCUT2D eigenvalue weighted by molar-refractivity contribution is -0.166. The van der Waals surface area contributed by atoms with E-state index in [4.69, 9.17) is 4.74 Å². The van der Waals surface area contributed by atoms with Gasteiger partial charge in [0.1, 0.15) is 11.0 Å². The van der Waals surface area contributed by atoms with E-state index in [1.54, 1.807) is 0 Å². The normalized spacial score (nSPS) is 20.8. The second-order valence-corrected chi connectivity index (χ2v) is 11.3. The minimum absolute atomic E-state index is 0.0830. The molecule has 5 heteroatoms. The van der Waals surface area contributed by atoms with Crippen LogP contribution in [0.3, 0.4) is 0 Å². The Morgan fingerprint density at radius 3 is 1.79 bits per heavy atom. The molecule has 0 N–H and O–H groups in total. The number of piperidine rings is 1. The summed E-state index contributed by atoms with van der Waals surface area (Å²) < 4.78 is 6.15. The first-order valence-corrected chi connectivity index (χ1v) is 14.3. The van der Waals surface area contributed by atoms with Crippen LogP contribution in [0.4, 0.5) is 0 Å². The van der Waals surface area contributed by atoms with Gasteiger partial charge < -0.3 is 14.5 Å². The van der Waals surface area contributed by atoms with E-state index in [-0.39, 0.29) is 23.8 Å². The number of hydrogen-bond acceptors (Lipinski definition) is 4. The van der Waals surface area contributed by atoms with E-state index in [0.29, 0.717) is 13.0 Å². The first kappa shape index (κ1) is 27.1. The average Bonchev–Trinajstić information content (AvgIpc) is 3.27. The fourth-order valence-electron chi connectivity index (χ4n) is 6.68. The van der Waals surface area contributed by atoms with Crippen molar-refractivity contribution in [2.24, 2.45) is 5.92 Å². The van der Waals surface area contributed by atoms with Crippen LogP contribution in [0.1, 0.15) is 56.7 Å². The molecule has 2 fully saturated rings. The van der Waals surface area contributed by atoms with Gasteiger partial charge in [-0.3, -0.25) is 9.59 Å². The maximum absolute atomic E-state index is 14.4. The SMILES string of the molecule is CCC(=O)OC1(c2ccccc2)CCN(CC2CN(C(C)C)C(=O)C2(c2ccccc2)c2ccccc2)CC1. The Balaban J connectivity index is 1.47. The van der Waals surface area contributed by atoms with Crippen LogP contribution in [0.2, 0.25) is 0 Å². The van der Waals surface area contributed by atoms with Gasteiger partial charge in [-0.2, -0.15) is 0 Å². The second-order valence-electron chi connectivity index (χ2n) is 11.3. The lowest BCUT2D eigenvalue weighted by Crippen LogP contribution is -2.50. The van der Waals surface area contributed by atoms with E-state index < -0.39 is 11.0 Å². The number of likely N-dealkylation sites (tertiary alicyclic amines) is 2. The number of nitrogens with zero attached hydrogens (tertiary/aromatic N) is 2. The molecule has 1 atom stereocenters. The van der Waals surface area contributed by atoms with Gasteiger partial charge in [0.05, 0.1) is 0 Å². The molecule has 204 valence electrons. The molecule has 2 saturated heterocycles. The smallest absolute Gasteiger partial charge is 0.306 e. The van der Waals surface area contributed by atoms with Crippen molar-refractivity contribution in [3.8, 4) is 0 Å². The quantitative estimate of drug-likeness (QED) is 0.350. The van der Waals surface area contributed by atoms with E-state index in [9.17, 15) is 9.59 Å². The lowest BCUT2D eigenvalue weighted by atomic mass is 9.67. The summed E-state index contributed by atoms with van der Waals surface area (Å²) >= 11 is 0. The Morgan fingerprint density at radius 1 is 0.846 bits per heavy atom. The van der Waals surface area contributed by atoms with E-state index in [0.717, 1.165) is 49.2 Å². The van der Waals surface area contributed by atoms with Gasteiger partial charge in [-0.1, -0.05) is 97.9 Å². The summed E-state index contributed by atoms with van der Waals surface area (Å²) in [5.74, 6) is 0.112. The highest BCUT2D eigenvalue weighted by molar-refractivity contribution is 5.95. The molecule has 0 bridgehead atoms. The number of carbonyl (C=O) groups excluding carboxylic acids is 2. The van der Waals surface area contributed by atoms with E-state index >= 15 is 0 Å². The molecule has 0 aliphatic carbocycles. The number of carbonyl (C=O) groups is 2. The summed E-state index contributed by atoms with van der Waals surface area (Å²) in [4.78, 5) is 31.4. The van der Waals surface area contributed by atoms with Crippen LogP contribution in [-0.2, 0) is 25.3 Å². The molecular weight excluding hydrogens is 484 g/mol. The van der Waals surface area contributed by atoms with Crippen molar-refractivity contribution in [1.82, 2.24) is 9.80 Å². The molecule has 2 aliphatic heterocycles. The Morgan fingerprint density at radius 2 is 1.33 bits per heavy atom. The van der Waals surface area contributed by atoms with Crippen molar-refractivity contribution in [2.75, 3.05) is 26.2 Å². The second kappa shape index (κ2) is 11.4. The molecule has 5 rings (SSSR count). The highest BCUT2D eigenvalue weighted by Crippen LogP contribution is 2.47. The van der Waals surface area contributed by atoms with Crippen LogP contribution in [0, 0.1) is 5.92 Å². The zero-order valence-corrected chi connectivity index (χ0v) is 23.4. The molecular formula is C34H40N2O3. The van der Waals surface area contributed by atoms with Crippen LogP contribution >= 0.6 is 0 Å². The lowest BCUT2D eigenvalue weighted by Gasteiger charge is -2.43. The third-order valence-electron chi connectivity index (χ3n) is 8.75. The number of amides is 1. The molecule has 39 heavy (non-hydrogen) atoms. The third kappa shape index (κ3) is 5.00. The van der Waals surface area contributed by atoms with Gasteiger partial charge in [-0.25, -0.2) is 0 Å². The molecule has 0 saturated carbocycles. The Bertz CT molecular complexity index is 1210. The van der Waals surface area contributed by atoms with E-state index in [2.05, 4.69) is 60.0 Å². The first-order chi connectivity index (χ1) is 18.9. The molecule has 3 aromatic carbocycles. The molecule has 0 spiro atoms. The Labute approximate surface area is 232 Å². The largest absolute Gasteiger partial charge is 0.454 e. The fourth-order valence-corrected chi connectivity index (χ4v) is 6.68. The highest BCUT2D eigenvalue weighted by Gasteiger charge is 2.57. The zero-order chi connectivity index (χ0) is 27.5. The highest BCUT2D eigenvalue weighted by atomic mass is 16.6. The van der Waals surface area contributed by atoms with Crippen LogP contribution < -0.4 is 0 Å². The molecule has 2 aliphatic rings. The predicted octanol–water partition coefficient (Wildman–Crippen LogP) is 5.78. The summed E-state index contributed by atoms with van der Waals surface area (Å²) in [5, 5.41) is 0. The number of benzene rings is 3. The molecule has 1 amide bonds. The first-order valence-electron chi connectivity index (χ1n) is 14.3. The summed E-state index contributed by atoms with van der Waals surface area (Å²) in [5.41, 5.74) is 1.84. The number of ether oxygens (including phenoxy) is 1. The summed E-state index contributed by atoms with van der Waals surface area (Å²) in [7, 11) is 0. The van der Waals surface area contributed by atoms with Crippen molar-refractivity contribution in [1.29, 1.82) is 0 Å². The van der Waals surface area contributed by atoms with Gasteiger partial charge >= 0.3 is 5.97 Å². The molecule has 0 radical (unpaired) electrons. The number of esters is 1. The topological polar surface area (TPSA) is 49.9 Å². The predicted molar refractivity (Wildman–Crippen MR) is 154 cm³/mol. The van der Waals surface area contributed by atoms with E-state index in [1.165, 1.54) is 0 Å². The van der Waals surface area contributed by atoms with Crippen molar-refractivity contribution < 1.29 is 14.3 Å². The van der Waals surface area contributed by atoms with Gasteiger partial charge in [-0.15, -0.1) is 0 Å². The fraction of sp³-hybridized carbons (Fsp3) is 0.412.